The highest BCUT2D eigenvalue weighted by Gasteiger charge is 2.08. The number of hydrogen-bond donors (Lipinski definition) is 0. The molecule has 0 aromatic rings. The van der Waals surface area contributed by atoms with Crippen molar-refractivity contribution in [1.82, 2.24) is 0 Å². The molecule has 1 aliphatic rings. The molecular formula is C5H6O2. The minimum Gasteiger partial charge on any atom is -0.457 e. The van der Waals surface area contributed by atoms with Gasteiger partial charge in [0.1, 0.15) is 12.4 Å². The second-order valence-corrected chi connectivity index (χ2v) is 1.30. The molecule has 0 saturated carbocycles. The van der Waals surface area contributed by atoms with E-state index >= 15 is 0 Å². The molecular weight excluding hydrogens is 92.1 g/mol. The molecule has 1 fully saturated rings. The summed E-state index contributed by atoms with van der Waals surface area (Å²) in [7, 11) is 0. The zero-order valence-electron chi connectivity index (χ0n) is 3.94. The zero-order chi connectivity index (χ0) is 5.28. The predicted molar refractivity (Wildman–Crippen MR) is 25.3 cm³/mol. The van der Waals surface area contributed by atoms with Crippen LogP contribution in [0.5, 0.6) is 0 Å². The summed E-state index contributed by atoms with van der Waals surface area (Å²) in [6.07, 6.45) is 0. The monoisotopic (exact) mass is 98.0 g/mol. The summed E-state index contributed by atoms with van der Waals surface area (Å²) < 4.78 is 9.50. The van der Waals surface area contributed by atoms with Crippen molar-refractivity contribution < 1.29 is 9.47 Å². The summed E-state index contributed by atoms with van der Waals surface area (Å²) in [5.74, 6) is 0.981. The Balaban J connectivity index is 2.55. The van der Waals surface area contributed by atoms with Crippen LogP contribution in [0.1, 0.15) is 0 Å². The van der Waals surface area contributed by atoms with Gasteiger partial charge in [0.2, 0.25) is 0 Å². The van der Waals surface area contributed by atoms with E-state index in [1.54, 1.807) is 0 Å². The first-order valence-corrected chi connectivity index (χ1v) is 1.96. The van der Waals surface area contributed by atoms with Crippen LogP contribution in [0.2, 0.25) is 0 Å². The lowest BCUT2D eigenvalue weighted by Crippen LogP contribution is -1.75. The van der Waals surface area contributed by atoms with E-state index in [0.717, 1.165) is 0 Å². The molecule has 38 valence electrons. The molecule has 0 radical (unpaired) electrons. The van der Waals surface area contributed by atoms with E-state index in [1.165, 1.54) is 0 Å². The molecule has 1 saturated heterocycles. The van der Waals surface area contributed by atoms with Crippen LogP contribution in [0, 0.1) is 0 Å². The molecule has 0 aromatic carbocycles. The van der Waals surface area contributed by atoms with Crippen molar-refractivity contribution in [3.8, 4) is 0 Å². The lowest BCUT2D eigenvalue weighted by atomic mass is 10.6. The first-order valence-electron chi connectivity index (χ1n) is 1.96. The Morgan fingerprint density at radius 2 is 2.14 bits per heavy atom. The van der Waals surface area contributed by atoms with Crippen LogP contribution in [0.4, 0.5) is 0 Å². The van der Waals surface area contributed by atoms with Gasteiger partial charge in [0.15, 0.2) is 0 Å². The smallest absolute Gasteiger partial charge is 0.277 e. The third kappa shape index (κ3) is 0.738. The van der Waals surface area contributed by atoms with E-state index in [0.29, 0.717) is 18.3 Å². The number of rotatable bonds is 0. The Morgan fingerprint density at radius 3 is 2.29 bits per heavy atom. The minimum absolute atomic E-state index is 0.352. The van der Waals surface area contributed by atoms with Crippen molar-refractivity contribution in [3.05, 3.63) is 24.9 Å². The third-order valence-corrected chi connectivity index (χ3v) is 0.652. The van der Waals surface area contributed by atoms with Crippen LogP contribution in [-0.4, -0.2) is 6.61 Å². The van der Waals surface area contributed by atoms with Gasteiger partial charge in [-0.15, -0.1) is 0 Å². The van der Waals surface area contributed by atoms with Gasteiger partial charge < -0.3 is 9.47 Å². The third-order valence-electron chi connectivity index (χ3n) is 0.652. The van der Waals surface area contributed by atoms with Crippen LogP contribution < -0.4 is 0 Å². The van der Waals surface area contributed by atoms with Crippen molar-refractivity contribution in [3.63, 3.8) is 0 Å². The highest BCUT2D eigenvalue weighted by Crippen LogP contribution is 2.12. The van der Waals surface area contributed by atoms with Crippen LogP contribution in [-0.2, 0) is 9.47 Å². The highest BCUT2D eigenvalue weighted by atomic mass is 16.7. The van der Waals surface area contributed by atoms with Crippen LogP contribution in [0.3, 0.4) is 0 Å². The van der Waals surface area contributed by atoms with Gasteiger partial charge in [0, 0.05) is 0 Å². The second kappa shape index (κ2) is 1.30. The van der Waals surface area contributed by atoms with Crippen molar-refractivity contribution in [2.75, 3.05) is 6.61 Å². The lowest BCUT2D eigenvalue weighted by Gasteiger charge is -1.87. The van der Waals surface area contributed by atoms with E-state index < -0.39 is 0 Å². The van der Waals surface area contributed by atoms with Crippen LogP contribution >= 0.6 is 0 Å². The van der Waals surface area contributed by atoms with E-state index in [2.05, 4.69) is 13.2 Å². The fourth-order valence-corrected chi connectivity index (χ4v) is 0.381. The summed E-state index contributed by atoms with van der Waals surface area (Å²) in [6.45, 7) is 7.35. The van der Waals surface area contributed by atoms with Crippen LogP contribution in [0.15, 0.2) is 24.9 Å². The Morgan fingerprint density at radius 1 is 1.43 bits per heavy atom. The maximum atomic E-state index is 4.75. The summed E-state index contributed by atoms with van der Waals surface area (Å²) in [5.41, 5.74) is 0. The van der Waals surface area contributed by atoms with E-state index in [9.17, 15) is 0 Å². The first-order chi connectivity index (χ1) is 3.29. The quantitative estimate of drug-likeness (QED) is 0.450. The minimum atomic E-state index is 0.352. The molecule has 0 N–H and O–H groups in total. The summed E-state index contributed by atoms with van der Waals surface area (Å²) >= 11 is 0. The normalized spacial score (nSPS) is 18.9. The molecule has 0 unspecified atom stereocenters. The van der Waals surface area contributed by atoms with Crippen molar-refractivity contribution >= 4 is 0 Å². The van der Waals surface area contributed by atoms with E-state index in [1.807, 2.05) is 0 Å². The zero-order valence-corrected chi connectivity index (χ0v) is 3.94. The van der Waals surface area contributed by atoms with Gasteiger partial charge in [-0.3, -0.25) is 0 Å². The first kappa shape index (κ1) is 4.24. The molecule has 1 heterocycles. The van der Waals surface area contributed by atoms with Gasteiger partial charge in [-0.05, 0) is 6.58 Å². The largest absolute Gasteiger partial charge is 0.457 e. The molecule has 0 atom stereocenters. The molecule has 0 aromatic heterocycles. The average molecular weight is 98.1 g/mol. The van der Waals surface area contributed by atoms with Crippen molar-refractivity contribution in [2.45, 2.75) is 0 Å². The summed E-state index contributed by atoms with van der Waals surface area (Å²) in [5, 5.41) is 0. The van der Waals surface area contributed by atoms with Gasteiger partial charge >= 0.3 is 0 Å². The molecule has 2 heteroatoms. The number of hydrogen-bond acceptors (Lipinski definition) is 2. The standard InChI is InChI=1S/C5H6O2/c1-4-3-6-5(2)7-4/h1-3H2. The summed E-state index contributed by atoms with van der Waals surface area (Å²) in [6, 6.07) is 0. The Bertz CT molecular complexity index is 101. The molecule has 1 rings (SSSR count). The topological polar surface area (TPSA) is 18.5 Å². The molecule has 2 nitrogen and oxygen atoms in total. The van der Waals surface area contributed by atoms with E-state index in [-0.39, 0.29) is 0 Å². The van der Waals surface area contributed by atoms with E-state index in [4.69, 9.17) is 9.47 Å². The Labute approximate surface area is 42.0 Å². The molecule has 7 heavy (non-hydrogen) atoms. The van der Waals surface area contributed by atoms with Gasteiger partial charge in [-0.2, -0.15) is 0 Å². The highest BCUT2D eigenvalue weighted by molar-refractivity contribution is 4.94. The van der Waals surface area contributed by atoms with Gasteiger partial charge in [0.25, 0.3) is 5.95 Å². The Kier molecular flexibility index (Phi) is 0.785. The van der Waals surface area contributed by atoms with Gasteiger partial charge in [0.05, 0.1) is 0 Å². The maximum absolute atomic E-state index is 4.75. The molecule has 0 spiro atoms. The fraction of sp³-hybridized carbons (Fsp3) is 0.200. The van der Waals surface area contributed by atoms with Crippen LogP contribution in [0.25, 0.3) is 0 Å². The lowest BCUT2D eigenvalue weighted by molar-refractivity contribution is 0.189. The second-order valence-electron chi connectivity index (χ2n) is 1.30. The SMILES string of the molecule is C=C1COC(=C)O1. The van der Waals surface area contributed by atoms with Crippen molar-refractivity contribution in [2.24, 2.45) is 0 Å². The van der Waals surface area contributed by atoms with Gasteiger partial charge in [-0.25, -0.2) is 0 Å². The average Bonchev–Trinajstić information content (AvgIpc) is 1.87. The summed E-state index contributed by atoms with van der Waals surface area (Å²) in [4.78, 5) is 0. The fourth-order valence-electron chi connectivity index (χ4n) is 0.381. The predicted octanol–water partition coefficient (Wildman–Crippen LogP) is 1.02. The maximum Gasteiger partial charge on any atom is 0.277 e. The van der Waals surface area contributed by atoms with Gasteiger partial charge in [-0.1, -0.05) is 6.58 Å². The molecule has 1 aliphatic heterocycles. The number of ether oxygens (including phenoxy) is 2. The van der Waals surface area contributed by atoms with Crippen molar-refractivity contribution in [1.29, 1.82) is 0 Å². The molecule has 0 bridgehead atoms. The molecule has 0 amide bonds. The Hall–Kier alpha value is -0.920. The molecule has 0 aliphatic carbocycles.